The first kappa shape index (κ1) is 26.9. The average molecular weight is 583 g/mol. The van der Waals surface area contributed by atoms with Gasteiger partial charge in [0.25, 0.3) is 11.8 Å². The molecule has 10 nitrogen and oxygen atoms in total. The van der Waals surface area contributed by atoms with Crippen molar-refractivity contribution in [2.24, 2.45) is 5.10 Å². The zero-order valence-electron chi connectivity index (χ0n) is 19.2. The molecule has 2 rings (SSSR count). The molecular formula is C23H26IN3O7. The van der Waals surface area contributed by atoms with Gasteiger partial charge in [-0.1, -0.05) is 0 Å². The molecule has 1 atom stereocenters. The van der Waals surface area contributed by atoms with Crippen molar-refractivity contribution in [2.75, 3.05) is 27.4 Å². The highest BCUT2D eigenvalue weighted by Gasteiger charge is 2.17. The third kappa shape index (κ3) is 7.90. The van der Waals surface area contributed by atoms with E-state index >= 15 is 0 Å². The van der Waals surface area contributed by atoms with E-state index in [0.717, 1.165) is 0 Å². The summed E-state index contributed by atoms with van der Waals surface area (Å²) >= 11 is 2.04. The number of nitrogens with zero attached hydrogens (tertiary/aromatic N) is 1. The molecule has 0 fully saturated rings. The smallest absolute Gasteiger partial charge is 0.344 e. The lowest BCUT2D eigenvalue weighted by Gasteiger charge is -2.13. The van der Waals surface area contributed by atoms with Crippen molar-refractivity contribution in [1.29, 1.82) is 0 Å². The van der Waals surface area contributed by atoms with E-state index in [1.54, 1.807) is 50.2 Å². The SMILES string of the molecule is CCOC(=O)COc1c(I)cc(C=NNC(=O)C(C)NC(=O)c2ccc(OC)cc2)cc1OC. The second kappa shape index (κ2) is 13.4. The van der Waals surface area contributed by atoms with Gasteiger partial charge >= 0.3 is 5.97 Å². The molecule has 0 aromatic heterocycles. The molecule has 2 aromatic carbocycles. The number of nitrogens with one attached hydrogen (secondary N) is 2. The second-order valence-electron chi connectivity index (χ2n) is 6.79. The summed E-state index contributed by atoms with van der Waals surface area (Å²) in [4.78, 5) is 36.1. The summed E-state index contributed by atoms with van der Waals surface area (Å²) in [7, 11) is 3.01. The molecule has 0 bridgehead atoms. The van der Waals surface area contributed by atoms with Crippen molar-refractivity contribution < 1.29 is 33.3 Å². The van der Waals surface area contributed by atoms with E-state index in [0.29, 0.717) is 31.9 Å². The van der Waals surface area contributed by atoms with Crippen molar-refractivity contribution in [3.05, 3.63) is 51.1 Å². The quantitative estimate of drug-likeness (QED) is 0.180. The van der Waals surface area contributed by atoms with Crippen LogP contribution in [0, 0.1) is 3.57 Å². The van der Waals surface area contributed by atoms with E-state index in [-0.39, 0.29) is 13.2 Å². The third-order valence-electron chi connectivity index (χ3n) is 4.37. The molecule has 0 saturated carbocycles. The largest absolute Gasteiger partial charge is 0.497 e. The van der Waals surface area contributed by atoms with Gasteiger partial charge in [0, 0.05) is 5.56 Å². The minimum absolute atomic E-state index is 0.246. The Bertz CT molecular complexity index is 1040. The fourth-order valence-electron chi connectivity index (χ4n) is 2.64. The summed E-state index contributed by atoms with van der Waals surface area (Å²) in [5.41, 5.74) is 3.42. The van der Waals surface area contributed by atoms with E-state index in [1.165, 1.54) is 20.4 Å². The van der Waals surface area contributed by atoms with Crippen LogP contribution in [0.5, 0.6) is 17.2 Å². The fraction of sp³-hybridized carbons (Fsp3) is 0.304. The van der Waals surface area contributed by atoms with Crippen molar-refractivity contribution in [2.45, 2.75) is 19.9 Å². The van der Waals surface area contributed by atoms with Crippen LogP contribution >= 0.6 is 22.6 Å². The van der Waals surface area contributed by atoms with Crippen LogP contribution in [0.25, 0.3) is 0 Å². The number of halogens is 1. The molecule has 0 aliphatic carbocycles. The first-order valence-electron chi connectivity index (χ1n) is 10.2. The number of methoxy groups -OCH3 is 2. The van der Waals surface area contributed by atoms with Crippen LogP contribution in [0.2, 0.25) is 0 Å². The number of hydrogen-bond acceptors (Lipinski definition) is 8. The Morgan fingerprint density at radius 2 is 1.82 bits per heavy atom. The summed E-state index contributed by atoms with van der Waals surface area (Å²) in [6.45, 7) is 3.28. The van der Waals surface area contributed by atoms with Crippen molar-refractivity contribution in [3.63, 3.8) is 0 Å². The number of rotatable bonds is 11. The van der Waals surface area contributed by atoms with Gasteiger partial charge in [-0.25, -0.2) is 10.2 Å². The fourth-order valence-corrected chi connectivity index (χ4v) is 3.42. The topological polar surface area (TPSA) is 125 Å². The maximum atomic E-state index is 12.3. The van der Waals surface area contributed by atoms with Gasteiger partial charge in [-0.15, -0.1) is 0 Å². The van der Waals surface area contributed by atoms with Gasteiger partial charge in [0.1, 0.15) is 11.8 Å². The van der Waals surface area contributed by atoms with Crippen LogP contribution < -0.4 is 25.0 Å². The van der Waals surface area contributed by atoms with E-state index < -0.39 is 23.8 Å². The summed E-state index contributed by atoms with van der Waals surface area (Å²) in [5, 5.41) is 6.55. The molecule has 182 valence electrons. The Morgan fingerprint density at radius 3 is 2.44 bits per heavy atom. The summed E-state index contributed by atoms with van der Waals surface area (Å²) in [5.74, 6) is 0.0425. The Hall–Kier alpha value is -3.35. The molecule has 11 heteroatoms. The van der Waals surface area contributed by atoms with Gasteiger partial charge in [-0.05, 0) is 78.4 Å². The van der Waals surface area contributed by atoms with Crippen molar-refractivity contribution >= 4 is 46.6 Å². The van der Waals surface area contributed by atoms with Crippen LogP contribution in [0.4, 0.5) is 0 Å². The van der Waals surface area contributed by atoms with Gasteiger partial charge in [0.05, 0.1) is 30.6 Å². The monoisotopic (exact) mass is 583 g/mol. The minimum Gasteiger partial charge on any atom is -0.497 e. The lowest BCUT2D eigenvalue weighted by molar-refractivity contribution is -0.145. The number of hydrogen-bond donors (Lipinski definition) is 2. The van der Waals surface area contributed by atoms with E-state index in [1.807, 2.05) is 22.6 Å². The van der Waals surface area contributed by atoms with E-state index in [2.05, 4.69) is 15.8 Å². The normalized spacial score (nSPS) is 11.4. The van der Waals surface area contributed by atoms with Crippen LogP contribution in [0.1, 0.15) is 29.8 Å². The number of benzene rings is 2. The molecule has 2 aromatic rings. The van der Waals surface area contributed by atoms with E-state index in [4.69, 9.17) is 18.9 Å². The van der Waals surface area contributed by atoms with Crippen LogP contribution in [-0.2, 0) is 14.3 Å². The molecule has 2 amide bonds. The third-order valence-corrected chi connectivity index (χ3v) is 5.17. The van der Waals surface area contributed by atoms with E-state index in [9.17, 15) is 14.4 Å². The Labute approximate surface area is 211 Å². The number of esters is 1. The molecule has 1 unspecified atom stereocenters. The second-order valence-corrected chi connectivity index (χ2v) is 7.95. The zero-order valence-corrected chi connectivity index (χ0v) is 21.4. The van der Waals surface area contributed by atoms with Gasteiger partial charge in [-0.3, -0.25) is 9.59 Å². The minimum atomic E-state index is -0.819. The van der Waals surface area contributed by atoms with Gasteiger partial charge in [0.15, 0.2) is 18.1 Å². The van der Waals surface area contributed by atoms with Crippen molar-refractivity contribution in [1.82, 2.24) is 10.7 Å². The Kier molecular flexibility index (Phi) is 10.6. The number of carbonyl (C=O) groups is 3. The molecule has 0 aliphatic rings. The highest BCUT2D eigenvalue weighted by Crippen LogP contribution is 2.33. The first-order chi connectivity index (χ1) is 16.3. The maximum Gasteiger partial charge on any atom is 0.344 e. The number of hydrazone groups is 1. The lowest BCUT2D eigenvalue weighted by Crippen LogP contribution is -2.43. The Morgan fingerprint density at radius 1 is 1.12 bits per heavy atom. The van der Waals surface area contributed by atoms with Crippen LogP contribution in [-0.4, -0.2) is 57.5 Å². The van der Waals surface area contributed by atoms with Crippen LogP contribution in [0.15, 0.2) is 41.5 Å². The predicted octanol–water partition coefficient (Wildman–Crippen LogP) is 2.52. The maximum absolute atomic E-state index is 12.3. The summed E-state index contributed by atoms with van der Waals surface area (Å²) in [6, 6.07) is 9.10. The highest BCUT2D eigenvalue weighted by molar-refractivity contribution is 14.1. The molecule has 0 spiro atoms. The summed E-state index contributed by atoms with van der Waals surface area (Å²) < 4.78 is 21.5. The lowest BCUT2D eigenvalue weighted by atomic mass is 10.2. The number of ether oxygens (including phenoxy) is 4. The molecule has 34 heavy (non-hydrogen) atoms. The van der Waals surface area contributed by atoms with Crippen LogP contribution in [0.3, 0.4) is 0 Å². The molecule has 0 heterocycles. The average Bonchev–Trinajstić information content (AvgIpc) is 2.83. The molecule has 0 saturated heterocycles. The first-order valence-corrected chi connectivity index (χ1v) is 11.3. The predicted molar refractivity (Wildman–Crippen MR) is 133 cm³/mol. The standard InChI is InChI=1S/C23H26IN3O7/c1-5-33-20(28)13-34-21-18(24)10-15(11-19(21)32-4)12-25-27-22(29)14(2)26-23(30)16-6-8-17(31-3)9-7-16/h6-12,14H,5,13H2,1-4H3,(H,26,30)(H,27,29). The van der Waals surface area contributed by atoms with Gasteiger partial charge in [0.2, 0.25) is 0 Å². The zero-order chi connectivity index (χ0) is 25.1. The van der Waals surface area contributed by atoms with Gasteiger partial charge in [-0.2, -0.15) is 5.10 Å². The van der Waals surface area contributed by atoms with Gasteiger partial charge < -0.3 is 24.3 Å². The van der Waals surface area contributed by atoms with Crippen molar-refractivity contribution in [3.8, 4) is 17.2 Å². The number of amides is 2. The highest BCUT2D eigenvalue weighted by atomic mass is 127. The molecule has 2 N–H and O–H groups in total. The summed E-state index contributed by atoms with van der Waals surface area (Å²) in [6.07, 6.45) is 1.43. The molecular weight excluding hydrogens is 557 g/mol. The number of carbonyl (C=O) groups excluding carboxylic acids is 3. The molecule has 0 radical (unpaired) electrons. The Balaban J connectivity index is 1.96. The molecule has 0 aliphatic heterocycles.